The average Bonchev–Trinajstić information content (AvgIpc) is 3.17. The summed E-state index contributed by atoms with van der Waals surface area (Å²) in [5.74, 6) is -0.266. The summed E-state index contributed by atoms with van der Waals surface area (Å²) < 4.78 is 1.83. The molecule has 9 heteroatoms. The summed E-state index contributed by atoms with van der Waals surface area (Å²) in [5, 5.41) is 3.63. The summed E-state index contributed by atoms with van der Waals surface area (Å²) in [6, 6.07) is 7.53. The molecule has 0 spiro atoms. The number of hydrogen-bond donors (Lipinski definition) is 1. The molecule has 0 atom stereocenters. The maximum absolute atomic E-state index is 12.8. The normalized spacial score (nSPS) is 15.0. The second kappa shape index (κ2) is 8.30. The third-order valence-electron chi connectivity index (χ3n) is 5.11. The fourth-order valence-electron chi connectivity index (χ4n) is 3.33. The molecular weight excluding hydrogens is 388 g/mol. The molecule has 0 unspecified atom stereocenters. The van der Waals surface area contributed by atoms with E-state index in [1.165, 1.54) is 22.2 Å². The molecule has 3 heterocycles. The van der Waals surface area contributed by atoms with E-state index < -0.39 is 0 Å². The molecule has 4 rings (SSSR count). The van der Waals surface area contributed by atoms with Crippen molar-refractivity contribution in [2.75, 3.05) is 42.9 Å². The van der Waals surface area contributed by atoms with Crippen LogP contribution in [0.5, 0.6) is 0 Å². The van der Waals surface area contributed by atoms with Crippen LogP contribution in [0.3, 0.4) is 0 Å². The van der Waals surface area contributed by atoms with E-state index in [0.717, 1.165) is 43.4 Å². The second-order valence-electron chi connectivity index (χ2n) is 7.16. The van der Waals surface area contributed by atoms with Crippen LogP contribution >= 0.6 is 11.3 Å². The monoisotopic (exact) mass is 412 g/mol. The molecule has 1 fully saturated rings. The minimum absolute atomic E-state index is 0.0853. The number of carbonyl (C=O) groups is 1. The van der Waals surface area contributed by atoms with Gasteiger partial charge in [0.15, 0.2) is 10.8 Å². The van der Waals surface area contributed by atoms with Gasteiger partial charge in [0.2, 0.25) is 5.91 Å². The number of anilines is 2. The highest BCUT2D eigenvalue weighted by Gasteiger charge is 2.20. The molecule has 0 saturated carbocycles. The van der Waals surface area contributed by atoms with E-state index in [1.54, 1.807) is 0 Å². The fraction of sp³-hybridized carbons (Fsp3) is 0.400. The third-order valence-corrected chi connectivity index (χ3v) is 6.21. The van der Waals surface area contributed by atoms with E-state index in [-0.39, 0.29) is 18.0 Å². The zero-order valence-corrected chi connectivity index (χ0v) is 17.4. The molecule has 1 aliphatic heterocycles. The molecular formula is C20H24N6O2S. The zero-order valence-electron chi connectivity index (χ0n) is 16.6. The van der Waals surface area contributed by atoms with E-state index >= 15 is 0 Å². The number of piperazine rings is 1. The summed E-state index contributed by atoms with van der Waals surface area (Å²) in [6.07, 6.45) is 1.40. The molecule has 0 aliphatic carbocycles. The first kappa shape index (κ1) is 19.5. The lowest BCUT2D eigenvalue weighted by atomic mass is 10.2. The van der Waals surface area contributed by atoms with E-state index in [0.29, 0.717) is 16.0 Å². The quantitative estimate of drug-likeness (QED) is 0.690. The Kier molecular flexibility index (Phi) is 5.59. The maximum Gasteiger partial charge on any atom is 0.273 e. The first-order valence-corrected chi connectivity index (χ1v) is 10.5. The number of hydrogen-bond acceptors (Lipinski definition) is 7. The van der Waals surface area contributed by atoms with E-state index in [4.69, 9.17) is 0 Å². The van der Waals surface area contributed by atoms with Gasteiger partial charge in [0.1, 0.15) is 17.6 Å². The van der Waals surface area contributed by atoms with Crippen LogP contribution in [0.15, 0.2) is 35.4 Å². The number of aromatic nitrogens is 3. The van der Waals surface area contributed by atoms with Crippen LogP contribution in [-0.4, -0.2) is 58.1 Å². The Hall–Kier alpha value is -2.78. The van der Waals surface area contributed by atoms with Gasteiger partial charge in [0.05, 0.1) is 0 Å². The Morgan fingerprint density at radius 2 is 1.90 bits per heavy atom. The molecule has 2 aromatic heterocycles. The van der Waals surface area contributed by atoms with Gasteiger partial charge in [0, 0.05) is 31.9 Å². The first-order valence-electron chi connectivity index (χ1n) is 9.73. The lowest BCUT2D eigenvalue weighted by Crippen LogP contribution is -2.46. The Morgan fingerprint density at radius 3 is 2.59 bits per heavy atom. The first-order chi connectivity index (χ1) is 14.0. The van der Waals surface area contributed by atoms with Crippen molar-refractivity contribution in [1.82, 2.24) is 19.4 Å². The summed E-state index contributed by atoms with van der Waals surface area (Å²) >= 11 is 1.35. The lowest BCUT2D eigenvalue weighted by molar-refractivity contribution is -0.116. The molecule has 1 N–H and O–H groups in total. The van der Waals surface area contributed by atoms with Crippen LogP contribution in [0.25, 0.3) is 10.3 Å². The minimum Gasteiger partial charge on any atom is -0.345 e. The molecule has 3 aromatic rings. The standard InChI is InChI=1S/C20H24N6O2S/c1-3-24-8-10-25(11-9-24)20-23-18-17(29-20)19(28)26(13-21-18)12-16(27)22-15-6-4-14(2)5-7-15/h4-7,13H,3,8-12H2,1-2H3,(H,22,27). The number of carbonyl (C=O) groups excluding carboxylic acids is 1. The lowest BCUT2D eigenvalue weighted by Gasteiger charge is -2.33. The fourth-order valence-corrected chi connectivity index (χ4v) is 4.35. The van der Waals surface area contributed by atoms with Crippen LogP contribution in [-0.2, 0) is 11.3 Å². The zero-order chi connectivity index (χ0) is 20.4. The molecule has 0 radical (unpaired) electrons. The second-order valence-corrected chi connectivity index (χ2v) is 8.14. The van der Waals surface area contributed by atoms with Gasteiger partial charge in [-0.25, -0.2) is 4.98 Å². The SMILES string of the molecule is CCN1CCN(c2nc3ncn(CC(=O)Nc4ccc(C)cc4)c(=O)c3s2)CC1. The number of rotatable bonds is 5. The van der Waals surface area contributed by atoms with Crippen molar-refractivity contribution in [3.63, 3.8) is 0 Å². The van der Waals surface area contributed by atoms with Crippen molar-refractivity contribution >= 4 is 38.4 Å². The smallest absolute Gasteiger partial charge is 0.273 e. The van der Waals surface area contributed by atoms with Crippen molar-refractivity contribution in [2.24, 2.45) is 0 Å². The molecule has 1 aliphatic rings. The minimum atomic E-state index is -0.266. The van der Waals surface area contributed by atoms with Crippen LogP contribution in [0.1, 0.15) is 12.5 Å². The third kappa shape index (κ3) is 4.30. The van der Waals surface area contributed by atoms with Crippen LogP contribution in [0.2, 0.25) is 0 Å². The number of thiazole rings is 1. The molecule has 1 saturated heterocycles. The van der Waals surface area contributed by atoms with Crippen LogP contribution < -0.4 is 15.8 Å². The van der Waals surface area contributed by atoms with Crippen LogP contribution in [0, 0.1) is 6.92 Å². The largest absolute Gasteiger partial charge is 0.345 e. The van der Waals surface area contributed by atoms with Crippen LogP contribution in [0.4, 0.5) is 10.8 Å². The molecule has 29 heavy (non-hydrogen) atoms. The number of nitrogens with zero attached hydrogens (tertiary/aromatic N) is 5. The summed E-state index contributed by atoms with van der Waals surface area (Å²) in [6.45, 7) is 8.87. The number of nitrogens with one attached hydrogen (secondary N) is 1. The summed E-state index contributed by atoms with van der Waals surface area (Å²) in [5.41, 5.74) is 2.04. The summed E-state index contributed by atoms with van der Waals surface area (Å²) in [7, 11) is 0. The van der Waals surface area contributed by atoms with E-state index in [1.807, 2.05) is 31.2 Å². The van der Waals surface area contributed by atoms with Crippen molar-refractivity contribution in [3.05, 3.63) is 46.5 Å². The Morgan fingerprint density at radius 1 is 1.17 bits per heavy atom. The number of amides is 1. The number of likely N-dealkylation sites (N-methyl/N-ethyl adjacent to an activating group) is 1. The molecule has 152 valence electrons. The van der Waals surface area contributed by atoms with Gasteiger partial charge in [-0.15, -0.1) is 0 Å². The van der Waals surface area contributed by atoms with Gasteiger partial charge >= 0.3 is 0 Å². The Balaban J connectivity index is 1.49. The Bertz CT molecular complexity index is 1070. The Labute approximate surface area is 172 Å². The van der Waals surface area contributed by atoms with Gasteiger partial charge in [-0.05, 0) is 25.6 Å². The maximum atomic E-state index is 12.8. The van der Waals surface area contributed by atoms with Gasteiger partial charge in [0.25, 0.3) is 5.56 Å². The van der Waals surface area contributed by atoms with Crippen molar-refractivity contribution in [3.8, 4) is 0 Å². The molecule has 8 nitrogen and oxygen atoms in total. The highest BCUT2D eigenvalue weighted by molar-refractivity contribution is 7.22. The molecule has 1 aromatic carbocycles. The van der Waals surface area contributed by atoms with Gasteiger partial charge in [-0.1, -0.05) is 36.0 Å². The predicted octanol–water partition coefficient (Wildman–Crippen LogP) is 1.94. The van der Waals surface area contributed by atoms with E-state index in [2.05, 4.69) is 32.0 Å². The van der Waals surface area contributed by atoms with E-state index in [9.17, 15) is 9.59 Å². The number of fused-ring (bicyclic) bond motifs is 1. The number of benzene rings is 1. The van der Waals surface area contributed by atoms with Crippen molar-refractivity contribution in [2.45, 2.75) is 20.4 Å². The molecule has 0 bridgehead atoms. The highest BCUT2D eigenvalue weighted by Crippen LogP contribution is 2.26. The summed E-state index contributed by atoms with van der Waals surface area (Å²) in [4.78, 5) is 38.6. The van der Waals surface area contributed by atoms with Gasteiger partial charge in [-0.2, -0.15) is 4.98 Å². The average molecular weight is 413 g/mol. The van der Waals surface area contributed by atoms with Gasteiger partial charge < -0.3 is 15.1 Å². The number of aryl methyl sites for hydroxylation is 1. The topological polar surface area (TPSA) is 83.4 Å². The molecule has 1 amide bonds. The van der Waals surface area contributed by atoms with Crippen molar-refractivity contribution in [1.29, 1.82) is 0 Å². The van der Waals surface area contributed by atoms with Crippen molar-refractivity contribution < 1.29 is 4.79 Å². The predicted molar refractivity (Wildman–Crippen MR) is 116 cm³/mol. The van der Waals surface area contributed by atoms with Gasteiger partial charge in [-0.3, -0.25) is 14.2 Å². The highest BCUT2D eigenvalue weighted by atomic mass is 32.1.